The number of hydrogen-bond acceptors (Lipinski definition) is 5. The lowest BCUT2D eigenvalue weighted by molar-refractivity contribution is -0.132. The van der Waals surface area contributed by atoms with Gasteiger partial charge in [-0.3, -0.25) is 23.5 Å². The second-order valence-corrected chi connectivity index (χ2v) is 7.98. The lowest BCUT2D eigenvalue weighted by atomic mass is 9.90. The van der Waals surface area contributed by atoms with Crippen molar-refractivity contribution in [3.63, 3.8) is 0 Å². The van der Waals surface area contributed by atoms with Gasteiger partial charge in [-0.1, -0.05) is 0 Å². The number of rotatable bonds is 6. The highest BCUT2D eigenvalue weighted by atomic mass is 16.2. The lowest BCUT2D eigenvalue weighted by Crippen LogP contribution is -2.40. The van der Waals surface area contributed by atoms with Crippen LogP contribution in [0.2, 0.25) is 0 Å². The molecule has 1 aliphatic heterocycles. The summed E-state index contributed by atoms with van der Waals surface area (Å²) < 4.78 is 3.41. The minimum absolute atomic E-state index is 0.0477. The molecule has 0 spiro atoms. The Morgan fingerprint density at radius 1 is 1.20 bits per heavy atom. The van der Waals surface area contributed by atoms with Crippen LogP contribution in [-0.4, -0.2) is 53.8 Å². The molecule has 1 saturated heterocycles. The highest BCUT2D eigenvalue weighted by molar-refractivity contribution is 5.97. The summed E-state index contributed by atoms with van der Waals surface area (Å²) in [6.07, 6.45) is 9.95. The van der Waals surface area contributed by atoms with E-state index in [0.29, 0.717) is 56.4 Å². The smallest absolute Gasteiger partial charge is 0.291 e. The summed E-state index contributed by atoms with van der Waals surface area (Å²) in [7, 11) is 1.79. The van der Waals surface area contributed by atoms with E-state index in [1.54, 1.807) is 34.7 Å². The number of aromatic amines is 1. The van der Waals surface area contributed by atoms with Gasteiger partial charge < -0.3 is 9.88 Å². The van der Waals surface area contributed by atoms with Crippen molar-refractivity contribution in [2.45, 2.75) is 39.0 Å². The van der Waals surface area contributed by atoms with E-state index in [1.165, 1.54) is 0 Å². The first kappa shape index (κ1) is 20.1. The van der Waals surface area contributed by atoms with Crippen LogP contribution in [0.5, 0.6) is 0 Å². The van der Waals surface area contributed by atoms with E-state index in [0.717, 1.165) is 11.4 Å². The number of hydrogen-bond donors (Lipinski definition) is 1. The molecule has 1 N–H and O–H groups in total. The molecule has 0 unspecified atom stereocenters. The monoisotopic (exact) mass is 410 g/mol. The summed E-state index contributed by atoms with van der Waals surface area (Å²) in [5.74, 6) is 0.169. The van der Waals surface area contributed by atoms with Crippen LogP contribution >= 0.6 is 0 Å². The van der Waals surface area contributed by atoms with E-state index < -0.39 is 0 Å². The van der Waals surface area contributed by atoms with Crippen LogP contribution in [0.1, 0.15) is 47.4 Å². The third kappa shape index (κ3) is 4.05. The molecule has 9 heteroatoms. The number of nitrogens with zero attached hydrogens (tertiary/aromatic N) is 5. The first-order valence-electron chi connectivity index (χ1n) is 10.3. The Balaban J connectivity index is 1.27. The molecule has 0 aromatic carbocycles. The minimum atomic E-state index is -0.215. The molecular weight excluding hydrogens is 384 g/mol. The van der Waals surface area contributed by atoms with E-state index in [-0.39, 0.29) is 23.2 Å². The molecule has 9 nitrogen and oxygen atoms in total. The number of imidazole rings is 1. The van der Waals surface area contributed by atoms with Crippen LogP contribution < -0.4 is 5.56 Å². The molecule has 0 atom stereocenters. The molecule has 4 heterocycles. The molecule has 3 aromatic rings. The largest absolute Gasteiger partial charge is 0.343 e. The van der Waals surface area contributed by atoms with E-state index >= 15 is 0 Å². The number of aryl methyl sites for hydroxylation is 3. The average Bonchev–Trinajstić information content (AvgIpc) is 3.34. The van der Waals surface area contributed by atoms with Crippen LogP contribution in [0.3, 0.4) is 0 Å². The number of amides is 1. The number of aromatic nitrogens is 5. The SMILES string of the molecule is Cc1cnc2c(=O)[nH]c(CCCC(=O)N3CCC(C(=O)c4cnn(C)c4)CC3)cn12. The van der Waals surface area contributed by atoms with Crippen LogP contribution in [0.15, 0.2) is 29.6 Å². The Labute approximate surface area is 173 Å². The molecule has 4 rings (SSSR count). The molecule has 0 radical (unpaired) electrons. The fraction of sp³-hybridized carbons (Fsp3) is 0.476. The van der Waals surface area contributed by atoms with E-state index in [1.807, 2.05) is 18.0 Å². The van der Waals surface area contributed by atoms with Gasteiger partial charge in [-0.15, -0.1) is 0 Å². The van der Waals surface area contributed by atoms with Crippen molar-refractivity contribution in [3.05, 3.63) is 52.1 Å². The molecule has 1 aliphatic rings. The van der Waals surface area contributed by atoms with Gasteiger partial charge in [0.1, 0.15) is 0 Å². The van der Waals surface area contributed by atoms with Gasteiger partial charge in [0, 0.05) is 62.5 Å². The first-order chi connectivity index (χ1) is 14.4. The zero-order valence-corrected chi connectivity index (χ0v) is 17.3. The highest BCUT2D eigenvalue weighted by Crippen LogP contribution is 2.22. The summed E-state index contributed by atoms with van der Waals surface area (Å²) in [5.41, 5.74) is 2.50. The average molecular weight is 410 g/mol. The molecule has 158 valence electrons. The molecule has 1 amide bonds. The van der Waals surface area contributed by atoms with Crippen molar-refractivity contribution < 1.29 is 9.59 Å². The maximum absolute atomic E-state index is 12.6. The van der Waals surface area contributed by atoms with Crippen molar-refractivity contribution >= 4 is 17.3 Å². The molecule has 30 heavy (non-hydrogen) atoms. The summed E-state index contributed by atoms with van der Waals surface area (Å²) in [5, 5.41) is 4.06. The standard InChI is InChI=1S/C21H26N6O3/c1-14-10-22-20-21(30)24-17(13-27(14)20)4-3-5-18(28)26-8-6-15(7-9-26)19(29)16-11-23-25(2)12-16/h10-13,15H,3-9H2,1-2H3,(H,24,30). The Bertz CT molecular complexity index is 1130. The quantitative estimate of drug-likeness (QED) is 0.620. The van der Waals surface area contributed by atoms with Gasteiger partial charge in [-0.2, -0.15) is 5.10 Å². The normalized spacial score (nSPS) is 15.1. The Morgan fingerprint density at radius 2 is 1.97 bits per heavy atom. The van der Waals surface area contributed by atoms with Gasteiger partial charge in [0.05, 0.1) is 11.8 Å². The topological polar surface area (TPSA) is 105 Å². The van der Waals surface area contributed by atoms with Gasteiger partial charge in [0.25, 0.3) is 5.56 Å². The van der Waals surface area contributed by atoms with Crippen molar-refractivity contribution in [3.8, 4) is 0 Å². The predicted molar refractivity (Wildman–Crippen MR) is 110 cm³/mol. The van der Waals surface area contributed by atoms with E-state index in [9.17, 15) is 14.4 Å². The number of fused-ring (bicyclic) bond motifs is 1. The van der Waals surface area contributed by atoms with Gasteiger partial charge >= 0.3 is 0 Å². The summed E-state index contributed by atoms with van der Waals surface area (Å²) in [6, 6.07) is 0. The van der Waals surface area contributed by atoms with Crippen molar-refractivity contribution in [2.24, 2.45) is 13.0 Å². The summed E-state index contributed by atoms with van der Waals surface area (Å²) in [6.45, 7) is 3.11. The molecule has 1 fully saturated rings. The number of carbonyl (C=O) groups is 2. The fourth-order valence-electron chi connectivity index (χ4n) is 4.06. The van der Waals surface area contributed by atoms with Crippen LogP contribution in [0, 0.1) is 12.8 Å². The third-order valence-corrected chi connectivity index (χ3v) is 5.79. The highest BCUT2D eigenvalue weighted by Gasteiger charge is 2.28. The molecular formula is C21H26N6O3. The van der Waals surface area contributed by atoms with Crippen molar-refractivity contribution in [1.29, 1.82) is 0 Å². The van der Waals surface area contributed by atoms with Gasteiger partial charge in [-0.05, 0) is 32.6 Å². The van der Waals surface area contributed by atoms with Crippen LogP contribution in [0.25, 0.3) is 5.65 Å². The van der Waals surface area contributed by atoms with Crippen molar-refractivity contribution in [1.82, 2.24) is 29.0 Å². The number of nitrogens with one attached hydrogen (secondary N) is 1. The Kier molecular flexibility index (Phi) is 5.52. The second-order valence-electron chi connectivity index (χ2n) is 7.98. The van der Waals surface area contributed by atoms with Gasteiger partial charge in [0.15, 0.2) is 5.78 Å². The van der Waals surface area contributed by atoms with Crippen molar-refractivity contribution in [2.75, 3.05) is 13.1 Å². The van der Waals surface area contributed by atoms with Crippen LogP contribution in [0.4, 0.5) is 0 Å². The minimum Gasteiger partial charge on any atom is -0.343 e. The number of ketones is 1. The maximum Gasteiger partial charge on any atom is 0.291 e. The first-order valence-corrected chi connectivity index (χ1v) is 10.3. The van der Waals surface area contributed by atoms with Gasteiger partial charge in [-0.25, -0.2) is 4.98 Å². The Hall–Kier alpha value is -3.23. The molecule has 0 saturated carbocycles. The zero-order chi connectivity index (χ0) is 21.3. The number of Topliss-reactive ketones (excluding diaryl/α,β-unsaturated/α-hetero) is 1. The van der Waals surface area contributed by atoms with Gasteiger partial charge in [0.2, 0.25) is 11.6 Å². The zero-order valence-electron chi connectivity index (χ0n) is 17.3. The number of H-pyrrole nitrogens is 1. The van der Waals surface area contributed by atoms with E-state index in [4.69, 9.17) is 0 Å². The molecule has 0 bridgehead atoms. The summed E-state index contributed by atoms with van der Waals surface area (Å²) >= 11 is 0. The molecule has 0 aliphatic carbocycles. The van der Waals surface area contributed by atoms with Crippen LogP contribution in [-0.2, 0) is 18.3 Å². The predicted octanol–water partition coefficient (Wildman–Crippen LogP) is 1.51. The Morgan fingerprint density at radius 3 is 2.67 bits per heavy atom. The molecule has 3 aromatic heterocycles. The number of likely N-dealkylation sites (tertiary alicyclic amines) is 1. The lowest BCUT2D eigenvalue weighted by Gasteiger charge is -2.31. The van der Waals surface area contributed by atoms with E-state index in [2.05, 4.69) is 15.1 Å². The maximum atomic E-state index is 12.6. The third-order valence-electron chi connectivity index (χ3n) is 5.79. The number of carbonyl (C=O) groups excluding carboxylic acids is 2. The summed E-state index contributed by atoms with van der Waals surface area (Å²) in [4.78, 5) is 46.0. The second kappa shape index (κ2) is 8.25. The fourth-order valence-corrected chi connectivity index (χ4v) is 4.06. The number of piperidine rings is 1.